The summed E-state index contributed by atoms with van der Waals surface area (Å²) >= 11 is 12.6. The third-order valence-corrected chi connectivity index (χ3v) is 4.80. The largest absolute Gasteiger partial charge is 0.519 e. The van der Waals surface area contributed by atoms with E-state index in [0.717, 1.165) is 16.2 Å². The topological polar surface area (TPSA) is 35.5 Å². The molecule has 0 fully saturated rings. The van der Waals surface area contributed by atoms with Gasteiger partial charge >= 0.3 is 6.16 Å². The van der Waals surface area contributed by atoms with Crippen LogP contribution in [0.3, 0.4) is 0 Å². The summed E-state index contributed by atoms with van der Waals surface area (Å²) in [6.07, 6.45) is -0.843. The van der Waals surface area contributed by atoms with E-state index >= 15 is 0 Å². The predicted octanol–water partition coefficient (Wildman–Crippen LogP) is 6.88. The summed E-state index contributed by atoms with van der Waals surface area (Å²) in [5, 5.41) is 3.77. The molecule has 0 unspecified atom stereocenters. The molecule has 0 spiro atoms. The lowest BCUT2D eigenvalue weighted by Gasteiger charge is -2.13. The SMILES string of the molecule is O=C(Oc1ccccc1)Oc1c2ccccc2cc2ccc(Cl)c(Cl)c12. The molecule has 4 aromatic rings. The molecule has 0 N–H and O–H groups in total. The quantitative estimate of drug-likeness (QED) is 0.215. The van der Waals surface area contributed by atoms with E-state index in [4.69, 9.17) is 32.7 Å². The summed E-state index contributed by atoms with van der Waals surface area (Å²) in [5.74, 6) is 0.720. The first-order valence-corrected chi connectivity index (χ1v) is 8.63. The van der Waals surface area contributed by atoms with E-state index in [2.05, 4.69) is 0 Å². The maximum atomic E-state index is 12.3. The molecule has 0 saturated carbocycles. The van der Waals surface area contributed by atoms with E-state index < -0.39 is 6.16 Å². The fourth-order valence-electron chi connectivity index (χ4n) is 2.84. The minimum absolute atomic E-state index is 0.325. The van der Waals surface area contributed by atoms with Gasteiger partial charge in [-0.3, -0.25) is 0 Å². The van der Waals surface area contributed by atoms with Gasteiger partial charge in [-0.15, -0.1) is 0 Å². The van der Waals surface area contributed by atoms with E-state index in [1.807, 2.05) is 42.5 Å². The van der Waals surface area contributed by atoms with Crippen molar-refractivity contribution in [1.82, 2.24) is 0 Å². The Bertz CT molecular complexity index is 1120. The molecule has 0 aliphatic rings. The zero-order valence-electron chi connectivity index (χ0n) is 13.4. The van der Waals surface area contributed by atoms with Crippen LogP contribution in [0, 0.1) is 0 Å². The first kappa shape index (κ1) is 16.7. The Morgan fingerprint density at radius 3 is 2.31 bits per heavy atom. The minimum Gasteiger partial charge on any atom is -0.395 e. The molecule has 5 heteroatoms. The molecule has 4 rings (SSSR count). The molecule has 0 saturated heterocycles. The molecular formula is C21H12Cl2O3. The van der Waals surface area contributed by atoms with Gasteiger partial charge in [-0.05, 0) is 35.0 Å². The number of carbonyl (C=O) groups is 1. The standard InChI is InChI=1S/C21H12Cl2O3/c22-17-11-10-14-12-13-6-4-5-9-16(13)20(18(14)19(17)23)26-21(24)25-15-7-2-1-3-8-15/h1-12H. The van der Waals surface area contributed by atoms with Gasteiger partial charge in [-0.25, -0.2) is 4.79 Å². The Morgan fingerprint density at radius 1 is 0.769 bits per heavy atom. The predicted molar refractivity (Wildman–Crippen MR) is 105 cm³/mol. The lowest BCUT2D eigenvalue weighted by Crippen LogP contribution is -2.14. The van der Waals surface area contributed by atoms with Crippen LogP contribution < -0.4 is 9.47 Å². The van der Waals surface area contributed by atoms with Gasteiger partial charge in [0, 0.05) is 10.8 Å². The maximum absolute atomic E-state index is 12.3. The lowest BCUT2D eigenvalue weighted by atomic mass is 10.0. The van der Waals surface area contributed by atoms with Gasteiger partial charge < -0.3 is 9.47 Å². The van der Waals surface area contributed by atoms with E-state index in [0.29, 0.717) is 26.9 Å². The Balaban J connectivity index is 1.85. The summed E-state index contributed by atoms with van der Waals surface area (Å²) < 4.78 is 10.8. The van der Waals surface area contributed by atoms with Crippen molar-refractivity contribution in [2.24, 2.45) is 0 Å². The summed E-state index contributed by atoms with van der Waals surface area (Å²) in [6, 6.07) is 21.8. The second-order valence-electron chi connectivity index (χ2n) is 5.65. The molecule has 3 nitrogen and oxygen atoms in total. The number of rotatable bonds is 2. The van der Waals surface area contributed by atoms with E-state index in [1.54, 1.807) is 30.3 Å². The number of fused-ring (bicyclic) bond motifs is 2. The van der Waals surface area contributed by atoms with Crippen molar-refractivity contribution < 1.29 is 14.3 Å². The van der Waals surface area contributed by atoms with Crippen molar-refractivity contribution in [2.75, 3.05) is 0 Å². The molecule has 0 aromatic heterocycles. The van der Waals surface area contributed by atoms with Crippen LogP contribution in [0.2, 0.25) is 10.0 Å². The van der Waals surface area contributed by atoms with Crippen molar-refractivity contribution >= 4 is 50.9 Å². The first-order chi connectivity index (χ1) is 12.6. The number of hydrogen-bond donors (Lipinski definition) is 0. The smallest absolute Gasteiger partial charge is 0.395 e. The molecule has 128 valence electrons. The maximum Gasteiger partial charge on any atom is 0.519 e. The van der Waals surface area contributed by atoms with Gasteiger partial charge in [0.15, 0.2) is 5.75 Å². The van der Waals surface area contributed by atoms with Crippen molar-refractivity contribution in [3.63, 3.8) is 0 Å². The monoisotopic (exact) mass is 382 g/mol. The third-order valence-electron chi connectivity index (χ3n) is 4.00. The zero-order chi connectivity index (χ0) is 18.1. The number of benzene rings is 4. The number of ether oxygens (including phenoxy) is 2. The van der Waals surface area contributed by atoms with Gasteiger partial charge in [0.05, 0.1) is 10.0 Å². The van der Waals surface area contributed by atoms with Crippen molar-refractivity contribution in [3.8, 4) is 11.5 Å². The fraction of sp³-hybridized carbons (Fsp3) is 0. The third kappa shape index (κ3) is 3.07. The average molecular weight is 383 g/mol. The van der Waals surface area contributed by atoms with Crippen LogP contribution in [0.15, 0.2) is 72.8 Å². The Morgan fingerprint density at radius 2 is 1.50 bits per heavy atom. The van der Waals surface area contributed by atoms with Gasteiger partial charge in [0.2, 0.25) is 0 Å². The molecule has 0 bridgehead atoms. The van der Waals surface area contributed by atoms with Crippen molar-refractivity contribution in [1.29, 1.82) is 0 Å². The molecular weight excluding hydrogens is 371 g/mol. The number of hydrogen-bond acceptors (Lipinski definition) is 3. The number of halogens is 2. The Labute approximate surface area is 159 Å². The van der Waals surface area contributed by atoms with Crippen molar-refractivity contribution in [2.45, 2.75) is 0 Å². The van der Waals surface area contributed by atoms with Crippen LogP contribution in [0.25, 0.3) is 21.5 Å². The van der Waals surface area contributed by atoms with Crippen molar-refractivity contribution in [3.05, 3.63) is 82.8 Å². The molecule has 0 aliphatic heterocycles. The van der Waals surface area contributed by atoms with E-state index in [-0.39, 0.29) is 0 Å². The second kappa shape index (κ2) is 6.87. The van der Waals surface area contributed by atoms with Gasteiger partial charge in [0.1, 0.15) is 5.75 Å². The van der Waals surface area contributed by atoms with Crippen LogP contribution in [0.5, 0.6) is 11.5 Å². The molecule has 0 heterocycles. The minimum atomic E-state index is -0.843. The van der Waals surface area contributed by atoms with E-state index in [1.165, 1.54) is 0 Å². The molecule has 0 aliphatic carbocycles. The average Bonchev–Trinajstić information content (AvgIpc) is 2.65. The Kier molecular flexibility index (Phi) is 4.41. The Hall–Kier alpha value is -2.75. The lowest BCUT2D eigenvalue weighted by molar-refractivity contribution is 0.153. The number of carbonyl (C=O) groups excluding carboxylic acids is 1. The highest BCUT2D eigenvalue weighted by Crippen LogP contribution is 2.41. The van der Waals surface area contributed by atoms with Crippen LogP contribution in [-0.2, 0) is 0 Å². The summed E-state index contributed by atoms with van der Waals surface area (Å²) in [5.41, 5.74) is 0. The highest BCUT2D eigenvalue weighted by Gasteiger charge is 2.18. The number of para-hydroxylation sites is 1. The molecule has 0 amide bonds. The van der Waals surface area contributed by atoms with Gasteiger partial charge in [0.25, 0.3) is 0 Å². The highest BCUT2D eigenvalue weighted by atomic mass is 35.5. The summed E-state index contributed by atoms with van der Waals surface area (Å²) in [7, 11) is 0. The summed E-state index contributed by atoms with van der Waals surface area (Å²) in [6.45, 7) is 0. The van der Waals surface area contributed by atoms with Crippen LogP contribution in [0.1, 0.15) is 0 Å². The molecule has 4 aromatic carbocycles. The van der Waals surface area contributed by atoms with Crippen LogP contribution >= 0.6 is 23.2 Å². The van der Waals surface area contributed by atoms with E-state index in [9.17, 15) is 4.79 Å². The van der Waals surface area contributed by atoms with Gasteiger partial charge in [-0.1, -0.05) is 71.7 Å². The normalized spacial score (nSPS) is 10.8. The van der Waals surface area contributed by atoms with Gasteiger partial charge in [-0.2, -0.15) is 0 Å². The zero-order valence-corrected chi connectivity index (χ0v) is 14.9. The first-order valence-electron chi connectivity index (χ1n) is 7.87. The second-order valence-corrected chi connectivity index (χ2v) is 6.44. The molecule has 0 atom stereocenters. The molecule has 26 heavy (non-hydrogen) atoms. The summed E-state index contributed by atoms with van der Waals surface area (Å²) in [4.78, 5) is 12.3. The molecule has 0 radical (unpaired) electrons. The fourth-order valence-corrected chi connectivity index (χ4v) is 3.26. The highest BCUT2D eigenvalue weighted by molar-refractivity contribution is 6.46. The van der Waals surface area contributed by atoms with Crippen LogP contribution in [-0.4, -0.2) is 6.16 Å². The van der Waals surface area contributed by atoms with Crippen LogP contribution in [0.4, 0.5) is 4.79 Å².